The standard InChI is InChI=1S/C19H18O4/c1-21-12-7-13-22-19-17(20)15-10-5-6-11-16(15)23-18(19)14-8-3-2-4-9-14/h2-6,8-11H,7,12-13H2,1H3. The average molecular weight is 310 g/mol. The molecular formula is C19H18O4. The fourth-order valence-corrected chi connectivity index (χ4v) is 2.41. The molecule has 1 aromatic heterocycles. The van der Waals surface area contributed by atoms with Crippen molar-refractivity contribution in [2.75, 3.05) is 20.3 Å². The van der Waals surface area contributed by atoms with Crippen molar-refractivity contribution in [3.05, 3.63) is 64.8 Å². The molecule has 23 heavy (non-hydrogen) atoms. The molecule has 0 radical (unpaired) electrons. The van der Waals surface area contributed by atoms with Crippen molar-refractivity contribution >= 4 is 11.0 Å². The van der Waals surface area contributed by atoms with Gasteiger partial charge in [-0.1, -0.05) is 42.5 Å². The molecule has 0 aliphatic rings. The van der Waals surface area contributed by atoms with Crippen LogP contribution in [-0.2, 0) is 4.74 Å². The molecule has 3 rings (SSSR count). The minimum atomic E-state index is -0.150. The summed E-state index contributed by atoms with van der Waals surface area (Å²) in [5.41, 5.74) is 1.22. The molecule has 0 aliphatic heterocycles. The average Bonchev–Trinajstić information content (AvgIpc) is 2.61. The molecular weight excluding hydrogens is 292 g/mol. The number of hydrogen-bond donors (Lipinski definition) is 0. The van der Waals surface area contributed by atoms with Crippen LogP contribution in [0.4, 0.5) is 0 Å². The van der Waals surface area contributed by atoms with Gasteiger partial charge in [-0.15, -0.1) is 0 Å². The van der Waals surface area contributed by atoms with Crippen LogP contribution in [0.25, 0.3) is 22.3 Å². The van der Waals surface area contributed by atoms with E-state index in [1.165, 1.54) is 0 Å². The van der Waals surface area contributed by atoms with Gasteiger partial charge in [-0.05, 0) is 12.1 Å². The molecule has 1 heterocycles. The van der Waals surface area contributed by atoms with E-state index in [0.29, 0.717) is 36.4 Å². The first-order valence-corrected chi connectivity index (χ1v) is 7.54. The maximum Gasteiger partial charge on any atom is 0.235 e. The number of fused-ring (bicyclic) bond motifs is 1. The lowest BCUT2D eigenvalue weighted by atomic mass is 10.1. The normalized spacial score (nSPS) is 10.8. The third kappa shape index (κ3) is 3.27. The number of para-hydroxylation sites is 1. The van der Waals surface area contributed by atoms with Gasteiger partial charge in [0.25, 0.3) is 0 Å². The fraction of sp³-hybridized carbons (Fsp3) is 0.211. The van der Waals surface area contributed by atoms with Crippen LogP contribution in [-0.4, -0.2) is 20.3 Å². The van der Waals surface area contributed by atoms with E-state index >= 15 is 0 Å². The van der Waals surface area contributed by atoms with Gasteiger partial charge in [0.2, 0.25) is 11.2 Å². The van der Waals surface area contributed by atoms with E-state index < -0.39 is 0 Å². The number of rotatable bonds is 6. The van der Waals surface area contributed by atoms with E-state index in [1.807, 2.05) is 42.5 Å². The van der Waals surface area contributed by atoms with Crippen LogP contribution in [0.1, 0.15) is 6.42 Å². The first-order valence-electron chi connectivity index (χ1n) is 7.54. The molecule has 0 amide bonds. The first kappa shape index (κ1) is 15.3. The summed E-state index contributed by atoms with van der Waals surface area (Å²) in [4.78, 5) is 12.8. The Bertz CT molecular complexity index is 837. The third-order valence-corrected chi connectivity index (χ3v) is 3.53. The summed E-state index contributed by atoms with van der Waals surface area (Å²) in [7, 11) is 1.64. The maximum absolute atomic E-state index is 12.8. The molecule has 0 unspecified atom stereocenters. The molecule has 0 bridgehead atoms. The van der Waals surface area contributed by atoms with Crippen molar-refractivity contribution in [1.82, 2.24) is 0 Å². The molecule has 0 N–H and O–H groups in total. The van der Waals surface area contributed by atoms with E-state index in [9.17, 15) is 4.79 Å². The lowest BCUT2D eigenvalue weighted by Gasteiger charge is -2.11. The molecule has 0 atom stereocenters. The lowest BCUT2D eigenvalue weighted by Crippen LogP contribution is -2.12. The second kappa shape index (κ2) is 7.11. The summed E-state index contributed by atoms with van der Waals surface area (Å²) in [6.45, 7) is 0.982. The van der Waals surface area contributed by atoms with Crippen molar-refractivity contribution in [3.63, 3.8) is 0 Å². The lowest BCUT2D eigenvalue weighted by molar-refractivity contribution is 0.171. The molecule has 0 spiro atoms. The smallest absolute Gasteiger partial charge is 0.235 e. The molecule has 4 nitrogen and oxygen atoms in total. The van der Waals surface area contributed by atoms with Gasteiger partial charge in [-0.3, -0.25) is 4.79 Å². The van der Waals surface area contributed by atoms with Crippen LogP contribution in [0.2, 0.25) is 0 Å². The topological polar surface area (TPSA) is 48.7 Å². The minimum absolute atomic E-state index is 0.150. The highest BCUT2D eigenvalue weighted by molar-refractivity contribution is 5.81. The van der Waals surface area contributed by atoms with Crippen molar-refractivity contribution in [1.29, 1.82) is 0 Å². The highest BCUT2D eigenvalue weighted by Gasteiger charge is 2.17. The molecule has 4 heteroatoms. The quantitative estimate of drug-likeness (QED) is 0.648. The summed E-state index contributed by atoms with van der Waals surface area (Å²) in [5, 5.41) is 0.522. The van der Waals surface area contributed by atoms with E-state index in [4.69, 9.17) is 13.9 Å². The van der Waals surface area contributed by atoms with E-state index in [-0.39, 0.29) is 11.2 Å². The molecule has 0 aliphatic carbocycles. The highest BCUT2D eigenvalue weighted by Crippen LogP contribution is 2.30. The van der Waals surface area contributed by atoms with Crippen molar-refractivity contribution in [3.8, 4) is 17.1 Å². The number of ether oxygens (including phenoxy) is 2. The second-order valence-electron chi connectivity index (χ2n) is 5.15. The van der Waals surface area contributed by atoms with Crippen LogP contribution in [0.15, 0.2) is 63.8 Å². The summed E-state index contributed by atoms with van der Waals surface area (Å²) in [6, 6.07) is 16.7. The van der Waals surface area contributed by atoms with E-state index in [0.717, 1.165) is 5.56 Å². The zero-order valence-corrected chi connectivity index (χ0v) is 13.0. The Morgan fingerprint density at radius 3 is 2.48 bits per heavy atom. The van der Waals surface area contributed by atoms with Crippen LogP contribution in [0.3, 0.4) is 0 Å². The zero-order valence-electron chi connectivity index (χ0n) is 13.0. The van der Waals surface area contributed by atoms with Gasteiger partial charge in [0, 0.05) is 25.7 Å². The Labute approximate surface area is 134 Å². The molecule has 0 saturated carbocycles. The Balaban J connectivity index is 2.10. The van der Waals surface area contributed by atoms with Crippen LogP contribution in [0.5, 0.6) is 5.75 Å². The summed E-state index contributed by atoms with van der Waals surface area (Å²) >= 11 is 0. The Hall–Kier alpha value is -2.59. The van der Waals surface area contributed by atoms with Crippen LogP contribution < -0.4 is 10.2 Å². The van der Waals surface area contributed by atoms with E-state index in [1.54, 1.807) is 19.2 Å². The highest BCUT2D eigenvalue weighted by atomic mass is 16.5. The summed E-state index contributed by atoms with van der Waals surface area (Å²) < 4.78 is 16.7. The van der Waals surface area contributed by atoms with Gasteiger partial charge in [0.15, 0.2) is 5.76 Å². The first-order chi connectivity index (χ1) is 11.3. The van der Waals surface area contributed by atoms with Gasteiger partial charge in [-0.25, -0.2) is 0 Å². The van der Waals surface area contributed by atoms with Gasteiger partial charge in [-0.2, -0.15) is 0 Å². The maximum atomic E-state index is 12.8. The number of hydrogen-bond acceptors (Lipinski definition) is 4. The zero-order chi connectivity index (χ0) is 16.1. The number of benzene rings is 2. The minimum Gasteiger partial charge on any atom is -0.486 e. The Kier molecular flexibility index (Phi) is 4.74. The molecule has 3 aromatic rings. The Morgan fingerprint density at radius 1 is 0.957 bits per heavy atom. The molecule has 0 fully saturated rings. The van der Waals surface area contributed by atoms with Gasteiger partial charge in [0.05, 0.1) is 12.0 Å². The molecule has 2 aromatic carbocycles. The SMILES string of the molecule is COCCCOc1c(-c2ccccc2)oc2ccccc2c1=O. The predicted molar refractivity (Wildman–Crippen MR) is 89.9 cm³/mol. The van der Waals surface area contributed by atoms with Crippen molar-refractivity contribution in [2.24, 2.45) is 0 Å². The van der Waals surface area contributed by atoms with Crippen molar-refractivity contribution < 1.29 is 13.9 Å². The van der Waals surface area contributed by atoms with Crippen LogP contribution in [0, 0.1) is 0 Å². The second-order valence-corrected chi connectivity index (χ2v) is 5.15. The van der Waals surface area contributed by atoms with Gasteiger partial charge >= 0.3 is 0 Å². The fourth-order valence-electron chi connectivity index (χ4n) is 2.41. The largest absolute Gasteiger partial charge is 0.486 e. The van der Waals surface area contributed by atoms with Crippen LogP contribution >= 0.6 is 0 Å². The monoisotopic (exact) mass is 310 g/mol. The van der Waals surface area contributed by atoms with E-state index in [2.05, 4.69) is 0 Å². The Morgan fingerprint density at radius 2 is 1.70 bits per heavy atom. The van der Waals surface area contributed by atoms with Gasteiger partial charge < -0.3 is 13.9 Å². The van der Waals surface area contributed by atoms with Gasteiger partial charge in [0.1, 0.15) is 5.58 Å². The third-order valence-electron chi connectivity index (χ3n) is 3.53. The molecule has 118 valence electrons. The molecule has 0 saturated heterocycles. The number of methoxy groups -OCH3 is 1. The van der Waals surface area contributed by atoms with Crippen molar-refractivity contribution in [2.45, 2.75) is 6.42 Å². The summed E-state index contributed by atoms with van der Waals surface area (Å²) in [5.74, 6) is 0.720. The summed E-state index contributed by atoms with van der Waals surface area (Å²) in [6.07, 6.45) is 0.705. The predicted octanol–water partition coefficient (Wildman–Crippen LogP) is 3.88.